The molecule has 3 heterocycles. The van der Waals surface area contributed by atoms with Gasteiger partial charge in [-0.1, -0.05) is 37.3 Å². The summed E-state index contributed by atoms with van der Waals surface area (Å²) in [5, 5.41) is 11.8. The predicted octanol–water partition coefficient (Wildman–Crippen LogP) is 5.63. The summed E-state index contributed by atoms with van der Waals surface area (Å²) in [6.45, 7) is 8.48. The van der Waals surface area contributed by atoms with Crippen molar-refractivity contribution >= 4 is 11.8 Å². The average Bonchev–Trinajstić information content (AvgIpc) is 3.71. The fourth-order valence-electron chi connectivity index (χ4n) is 8.41. The van der Waals surface area contributed by atoms with Gasteiger partial charge in [-0.05, 0) is 80.9 Å². The lowest BCUT2D eigenvalue weighted by atomic mass is 9.58. The standard InChI is InChI=1S/C36H46N6O2/c1-3-34-39-18-21-41(34)26-36(29-8-5-4-6-9-29,32-10-7-11-33(32)44-35(43)38-2)30-16-19-40(20-17-30)23-28-24-42(25-28)31-14-12-27(22-37)13-15-31/h4-6,8-9,12-15,18,21,28,30,32-33H,3,7,10-11,16-17,19-20,23-26H2,1-2H3,(H,38,43). The smallest absolute Gasteiger partial charge is 0.407 e. The van der Waals surface area contributed by atoms with Gasteiger partial charge in [0.2, 0.25) is 0 Å². The van der Waals surface area contributed by atoms with Crippen LogP contribution in [0.5, 0.6) is 0 Å². The van der Waals surface area contributed by atoms with Crippen molar-refractivity contribution < 1.29 is 9.53 Å². The van der Waals surface area contributed by atoms with Crippen molar-refractivity contribution in [3.63, 3.8) is 0 Å². The molecule has 6 rings (SSSR count). The molecule has 1 N–H and O–H groups in total. The molecule has 0 radical (unpaired) electrons. The minimum atomic E-state index is -0.328. The third kappa shape index (κ3) is 6.08. The molecule has 8 heteroatoms. The maximum Gasteiger partial charge on any atom is 0.407 e. The van der Waals surface area contributed by atoms with Gasteiger partial charge in [0.1, 0.15) is 11.9 Å². The van der Waals surface area contributed by atoms with E-state index >= 15 is 0 Å². The first-order chi connectivity index (χ1) is 21.5. The van der Waals surface area contributed by atoms with Crippen molar-refractivity contribution in [3.8, 4) is 6.07 Å². The van der Waals surface area contributed by atoms with Crippen LogP contribution in [0.25, 0.3) is 0 Å². The quantitative estimate of drug-likeness (QED) is 0.328. The molecule has 3 fully saturated rings. The van der Waals surface area contributed by atoms with Gasteiger partial charge in [0.15, 0.2) is 0 Å². The molecule has 3 aromatic rings. The summed E-state index contributed by atoms with van der Waals surface area (Å²) in [6.07, 6.45) is 9.82. The van der Waals surface area contributed by atoms with Crippen LogP contribution < -0.4 is 10.2 Å². The van der Waals surface area contributed by atoms with Crippen molar-refractivity contribution in [2.45, 2.75) is 63.5 Å². The number of imidazole rings is 1. The van der Waals surface area contributed by atoms with E-state index < -0.39 is 0 Å². The predicted molar refractivity (Wildman–Crippen MR) is 172 cm³/mol. The van der Waals surface area contributed by atoms with Gasteiger partial charge >= 0.3 is 6.09 Å². The van der Waals surface area contributed by atoms with E-state index in [1.807, 2.05) is 18.3 Å². The Bertz CT molecular complexity index is 1420. The summed E-state index contributed by atoms with van der Waals surface area (Å²) in [5.41, 5.74) is 3.12. The van der Waals surface area contributed by atoms with Gasteiger partial charge in [-0.15, -0.1) is 0 Å². The van der Waals surface area contributed by atoms with E-state index in [0.29, 0.717) is 17.4 Å². The van der Waals surface area contributed by atoms with Crippen molar-refractivity contribution in [2.24, 2.45) is 17.8 Å². The number of hydrogen-bond donors (Lipinski definition) is 1. The van der Waals surface area contributed by atoms with Crippen molar-refractivity contribution in [1.82, 2.24) is 19.8 Å². The number of carbonyl (C=O) groups is 1. The molecule has 3 atom stereocenters. The SMILES string of the molecule is CCc1nccn1CC(c1ccccc1)(C1CCN(CC2CN(c3ccc(C#N)cc3)C2)CC1)C1CCCC1OC(=O)NC. The third-order valence-electron chi connectivity index (χ3n) is 10.6. The summed E-state index contributed by atoms with van der Waals surface area (Å²) in [7, 11) is 1.65. The minimum Gasteiger partial charge on any atom is -0.446 e. The fourth-order valence-corrected chi connectivity index (χ4v) is 8.41. The number of nitrogens with zero attached hydrogens (tertiary/aromatic N) is 5. The maximum atomic E-state index is 12.5. The number of anilines is 1. The van der Waals surface area contributed by atoms with Crippen molar-refractivity contribution in [3.05, 3.63) is 83.9 Å². The summed E-state index contributed by atoms with van der Waals surface area (Å²) in [5.74, 6) is 2.47. The zero-order valence-corrected chi connectivity index (χ0v) is 26.2. The second-order valence-corrected chi connectivity index (χ2v) is 13.0. The Kier molecular flexibility index (Phi) is 9.22. The highest BCUT2D eigenvalue weighted by Gasteiger charge is 2.53. The number of ether oxygens (including phenoxy) is 1. The van der Waals surface area contributed by atoms with Crippen molar-refractivity contribution in [2.75, 3.05) is 44.7 Å². The van der Waals surface area contributed by atoms with E-state index in [1.54, 1.807) is 7.05 Å². The highest BCUT2D eigenvalue weighted by atomic mass is 16.6. The topological polar surface area (TPSA) is 86.4 Å². The van der Waals surface area contributed by atoms with Gasteiger partial charge in [0.25, 0.3) is 0 Å². The summed E-state index contributed by atoms with van der Waals surface area (Å²) >= 11 is 0. The number of amides is 1. The highest BCUT2D eigenvalue weighted by molar-refractivity contribution is 5.67. The molecular weight excluding hydrogens is 548 g/mol. The van der Waals surface area contributed by atoms with Crippen LogP contribution in [0.3, 0.4) is 0 Å². The number of benzene rings is 2. The number of hydrogen-bond acceptors (Lipinski definition) is 6. The molecule has 0 spiro atoms. The first kappa shape index (κ1) is 30.2. The van der Waals surface area contributed by atoms with Gasteiger partial charge in [-0.25, -0.2) is 9.78 Å². The van der Waals surface area contributed by atoms with Crippen LogP contribution in [0.2, 0.25) is 0 Å². The van der Waals surface area contributed by atoms with Crippen LogP contribution in [0.1, 0.15) is 56.0 Å². The second-order valence-electron chi connectivity index (χ2n) is 13.0. The molecule has 1 saturated carbocycles. The molecule has 2 aliphatic heterocycles. The van der Waals surface area contributed by atoms with E-state index in [9.17, 15) is 4.79 Å². The summed E-state index contributed by atoms with van der Waals surface area (Å²) in [4.78, 5) is 22.3. The van der Waals surface area contributed by atoms with E-state index in [-0.39, 0.29) is 23.5 Å². The lowest BCUT2D eigenvalue weighted by molar-refractivity contribution is 0.00173. The molecule has 1 aliphatic carbocycles. The Balaban J connectivity index is 1.21. The number of nitriles is 1. The first-order valence-electron chi connectivity index (χ1n) is 16.5. The Morgan fingerprint density at radius 3 is 2.50 bits per heavy atom. The van der Waals surface area contributed by atoms with Crippen LogP contribution in [0.4, 0.5) is 10.5 Å². The highest BCUT2D eigenvalue weighted by Crippen LogP contribution is 2.52. The van der Waals surface area contributed by atoms with Crippen LogP contribution in [-0.4, -0.2) is 66.4 Å². The molecular formula is C36H46N6O2. The van der Waals surface area contributed by atoms with E-state index in [4.69, 9.17) is 15.0 Å². The van der Waals surface area contributed by atoms with E-state index in [2.05, 4.69) is 81.3 Å². The van der Waals surface area contributed by atoms with E-state index in [1.165, 1.54) is 11.3 Å². The van der Waals surface area contributed by atoms with Gasteiger partial charge in [0.05, 0.1) is 11.6 Å². The van der Waals surface area contributed by atoms with Crippen LogP contribution in [-0.2, 0) is 23.1 Å². The lowest BCUT2D eigenvalue weighted by Gasteiger charge is -2.51. The normalized spacial score (nSPS) is 22.6. The van der Waals surface area contributed by atoms with Crippen LogP contribution in [0, 0.1) is 29.1 Å². The minimum absolute atomic E-state index is 0.107. The summed E-state index contributed by atoms with van der Waals surface area (Å²) in [6, 6.07) is 21.3. The average molecular weight is 595 g/mol. The number of aromatic nitrogens is 2. The third-order valence-corrected chi connectivity index (χ3v) is 10.6. The van der Waals surface area contributed by atoms with Gasteiger partial charge in [-0.2, -0.15) is 5.26 Å². The van der Waals surface area contributed by atoms with Gasteiger partial charge < -0.3 is 24.4 Å². The number of rotatable bonds is 10. The molecule has 2 saturated heterocycles. The fraction of sp³-hybridized carbons (Fsp3) is 0.528. The zero-order valence-electron chi connectivity index (χ0n) is 26.2. The molecule has 1 amide bonds. The molecule has 0 bridgehead atoms. The Morgan fingerprint density at radius 1 is 1.07 bits per heavy atom. The Hall–Kier alpha value is -3.83. The van der Waals surface area contributed by atoms with E-state index in [0.717, 1.165) is 83.6 Å². The monoisotopic (exact) mass is 594 g/mol. The number of carbonyl (C=O) groups excluding carboxylic acids is 1. The maximum absolute atomic E-state index is 12.5. The van der Waals surface area contributed by atoms with Crippen LogP contribution in [0.15, 0.2) is 67.0 Å². The second kappa shape index (κ2) is 13.4. The molecule has 232 valence electrons. The molecule has 3 unspecified atom stereocenters. The Morgan fingerprint density at radius 2 is 1.82 bits per heavy atom. The number of nitrogens with one attached hydrogen (secondary N) is 1. The molecule has 44 heavy (non-hydrogen) atoms. The molecule has 3 aliphatic rings. The lowest BCUT2D eigenvalue weighted by Crippen LogP contribution is -2.55. The number of alkyl carbamates (subject to hydrolysis) is 1. The zero-order chi connectivity index (χ0) is 30.5. The number of aryl methyl sites for hydroxylation is 1. The van der Waals surface area contributed by atoms with Gasteiger partial charge in [-0.3, -0.25) is 0 Å². The van der Waals surface area contributed by atoms with Crippen LogP contribution >= 0.6 is 0 Å². The molecule has 8 nitrogen and oxygen atoms in total. The van der Waals surface area contributed by atoms with Crippen molar-refractivity contribution in [1.29, 1.82) is 5.26 Å². The molecule has 1 aromatic heterocycles. The number of piperidine rings is 1. The molecule has 2 aromatic carbocycles. The number of likely N-dealkylation sites (tertiary alicyclic amines) is 1. The van der Waals surface area contributed by atoms with Gasteiger partial charge in [0, 0.05) is 75.0 Å². The summed E-state index contributed by atoms with van der Waals surface area (Å²) < 4.78 is 8.49. The first-order valence-corrected chi connectivity index (χ1v) is 16.5. The largest absolute Gasteiger partial charge is 0.446 e. The Labute approximate surface area is 262 Å².